The summed E-state index contributed by atoms with van der Waals surface area (Å²) in [5, 5.41) is 11.0. The number of hydrogen-bond acceptors (Lipinski definition) is 5. The van der Waals surface area contributed by atoms with Crippen molar-refractivity contribution in [1.29, 1.82) is 0 Å². The second kappa shape index (κ2) is 8.54. The summed E-state index contributed by atoms with van der Waals surface area (Å²) in [4.78, 5) is 28.5. The molecule has 24 heavy (non-hydrogen) atoms. The lowest BCUT2D eigenvalue weighted by Gasteiger charge is -2.20. The highest BCUT2D eigenvalue weighted by molar-refractivity contribution is 6.04. The van der Waals surface area contributed by atoms with Gasteiger partial charge in [0, 0.05) is 43.9 Å². The number of methoxy groups -OCH3 is 1. The van der Waals surface area contributed by atoms with Crippen LogP contribution in [0.4, 0.5) is 11.4 Å². The Balaban J connectivity index is 2.23. The van der Waals surface area contributed by atoms with E-state index >= 15 is 0 Å². The van der Waals surface area contributed by atoms with Gasteiger partial charge >= 0.3 is 0 Å². The minimum Gasteiger partial charge on any atom is -0.383 e. The molecule has 1 heterocycles. The summed E-state index contributed by atoms with van der Waals surface area (Å²) in [6.45, 7) is 0.730. The molecule has 124 valence electrons. The SMILES string of the molecule is COCCN(C(=O)/C=C\c1ccccc1[N+](=O)[O-])c1ccncc1. The Kier molecular flexibility index (Phi) is 6.16. The van der Waals surface area contributed by atoms with Crippen molar-refractivity contribution < 1.29 is 14.5 Å². The monoisotopic (exact) mass is 327 g/mol. The van der Waals surface area contributed by atoms with Gasteiger partial charge in [-0.1, -0.05) is 12.1 Å². The molecule has 1 aromatic heterocycles. The smallest absolute Gasteiger partial charge is 0.276 e. The second-order valence-electron chi connectivity index (χ2n) is 4.84. The standard InChI is InChI=1S/C17H17N3O4/c1-24-13-12-19(15-8-10-18-11-9-15)17(21)7-6-14-4-2-3-5-16(14)20(22)23/h2-11H,12-13H2,1H3/b7-6-. The number of nitro benzene ring substituents is 1. The maximum Gasteiger partial charge on any atom is 0.276 e. The Morgan fingerprint density at radius 2 is 2.00 bits per heavy atom. The molecule has 7 nitrogen and oxygen atoms in total. The third-order valence-electron chi connectivity index (χ3n) is 3.30. The zero-order valence-corrected chi connectivity index (χ0v) is 13.2. The first-order valence-corrected chi connectivity index (χ1v) is 7.25. The highest BCUT2D eigenvalue weighted by Gasteiger charge is 2.14. The molecule has 2 rings (SSSR count). The van der Waals surface area contributed by atoms with Gasteiger partial charge in [-0.3, -0.25) is 19.9 Å². The van der Waals surface area contributed by atoms with Crippen LogP contribution < -0.4 is 4.90 Å². The molecule has 0 aliphatic heterocycles. The van der Waals surface area contributed by atoms with Crippen molar-refractivity contribution in [2.75, 3.05) is 25.2 Å². The topological polar surface area (TPSA) is 85.6 Å². The molecule has 0 aliphatic carbocycles. The lowest BCUT2D eigenvalue weighted by molar-refractivity contribution is -0.385. The normalized spacial score (nSPS) is 10.7. The van der Waals surface area contributed by atoms with Crippen molar-refractivity contribution in [3.63, 3.8) is 0 Å². The van der Waals surface area contributed by atoms with Crippen molar-refractivity contribution in [2.45, 2.75) is 0 Å². The summed E-state index contributed by atoms with van der Waals surface area (Å²) in [7, 11) is 1.55. The number of aromatic nitrogens is 1. The first-order chi connectivity index (χ1) is 11.6. The number of rotatable bonds is 7. The molecule has 1 aromatic carbocycles. The fourth-order valence-corrected chi connectivity index (χ4v) is 2.12. The fraction of sp³-hybridized carbons (Fsp3) is 0.176. The van der Waals surface area contributed by atoms with E-state index in [1.807, 2.05) is 0 Å². The van der Waals surface area contributed by atoms with Crippen LogP contribution in [0.3, 0.4) is 0 Å². The molecule has 0 aliphatic rings. The van der Waals surface area contributed by atoms with Crippen LogP contribution in [0.5, 0.6) is 0 Å². The molecular formula is C17H17N3O4. The quantitative estimate of drug-likeness (QED) is 0.443. The molecule has 0 N–H and O–H groups in total. The third-order valence-corrected chi connectivity index (χ3v) is 3.30. The number of benzene rings is 1. The number of ether oxygens (including phenoxy) is 1. The molecule has 1 amide bonds. The minimum absolute atomic E-state index is 0.0473. The molecule has 0 bridgehead atoms. The molecule has 0 atom stereocenters. The third kappa shape index (κ3) is 4.47. The number of para-hydroxylation sites is 1. The Morgan fingerprint density at radius 1 is 1.29 bits per heavy atom. The molecule has 2 aromatic rings. The van der Waals surface area contributed by atoms with Gasteiger partial charge in [0.1, 0.15) is 0 Å². The summed E-state index contributed by atoms with van der Waals surface area (Å²) in [5.41, 5.74) is 1.01. The predicted molar refractivity (Wildman–Crippen MR) is 90.6 cm³/mol. The molecule has 0 radical (unpaired) electrons. The Bertz CT molecular complexity index is 732. The number of carbonyl (C=O) groups excluding carboxylic acids is 1. The molecule has 7 heteroatoms. The van der Waals surface area contributed by atoms with Gasteiger partial charge in [-0.25, -0.2) is 0 Å². The number of hydrogen-bond donors (Lipinski definition) is 0. The highest BCUT2D eigenvalue weighted by Crippen LogP contribution is 2.19. The summed E-state index contributed by atoms with van der Waals surface area (Å²) < 4.78 is 5.03. The summed E-state index contributed by atoms with van der Waals surface area (Å²) in [6.07, 6.45) is 5.95. The van der Waals surface area contributed by atoms with E-state index in [1.54, 1.807) is 49.8 Å². The van der Waals surface area contributed by atoms with E-state index < -0.39 is 4.92 Å². The van der Waals surface area contributed by atoms with Gasteiger partial charge in [0.2, 0.25) is 0 Å². The lowest BCUT2D eigenvalue weighted by atomic mass is 10.1. The average molecular weight is 327 g/mol. The van der Waals surface area contributed by atoms with Gasteiger partial charge < -0.3 is 9.64 Å². The summed E-state index contributed by atoms with van der Waals surface area (Å²) in [5.74, 6) is -0.295. The Morgan fingerprint density at radius 3 is 2.67 bits per heavy atom. The van der Waals surface area contributed by atoms with Crippen LogP contribution in [-0.2, 0) is 9.53 Å². The van der Waals surface area contributed by atoms with Crippen LogP contribution in [0.2, 0.25) is 0 Å². The first-order valence-electron chi connectivity index (χ1n) is 7.25. The van der Waals surface area contributed by atoms with Crippen LogP contribution in [0.1, 0.15) is 5.56 Å². The maximum atomic E-state index is 12.5. The average Bonchev–Trinajstić information content (AvgIpc) is 2.61. The van der Waals surface area contributed by atoms with E-state index in [0.29, 0.717) is 24.4 Å². The maximum absolute atomic E-state index is 12.5. The number of amides is 1. The van der Waals surface area contributed by atoms with Gasteiger partial charge in [-0.15, -0.1) is 0 Å². The van der Waals surface area contributed by atoms with Gasteiger partial charge in [-0.2, -0.15) is 0 Å². The Hall–Kier alpha value is -3.06. The predicted octanol–water partition coefficient (Wildman–Crippen LogP) is 2.68. The van der Waals surface area contributed by atoms with Gasteiger partial charge in [0.15, 0.2) is 0 Å². The van der Waals surface area contributed by atoms with Crippen LogP contribution >= 0.6 is 0 Å². The molecule has 0 saturated carbocycles. The number of pyridine rings is 1. The molecular weight excluding hydrogens is 310 g/mol. The molecule has 0 unspecified atom stereocenters. The second-order valence-corrected chi connectivity index (χ2v) is 4.84. The van der Waals surface area contributed by atoms with Crippen molar-refractivity contribution in [3.05, 3.63) is 70.5 Å². The van der Waals surface area contributed by atoms with Crippen molar-refractivity contribution in [1.82, 2.24) is 4.98 Å². The van der Waals surface area contributed by atoms with Crippen LogP contribution in [-0.4, -0.2) is 36.1 Å². The van der Waals surface area contributed by atoms with Crippen molar-refractivity contribution in [3.8, 4) is 0 Å². The van der Waals surface area contributed by atoms with Crippen molar-refractivity contribution in [2.24, 2.45) is 0 Å². The Labute approximate surface area is 139 Å². The minimum atomic E-state index is -0.476. The van der Waals surface area contributed by atoms with Crippen LogP contribution in [0.15, 0.2) is 54.9 Å². The van der Waals surface area contributed by atoms with Crippen molar-refractivity contribution >= 4 is 23.4 Å². The molecule has 0 spiro atoms. The number of nitro groups is 1. The molecule has 0 saturated heterocycles. The van der Waals surface area contributed by atoms with E-state index in [0.717, 1.165) is 0 Å². The van der Waals surface area contributed by atoms with Gasteiger partial charge in [0.25, 0.3) is 11.6 Å². The number of nitrogens with zero attached hydrogens (tertiary/aromatic N) is 3. The number of carbonyl (C=O) groups is 1. The van der Waals surface area contributed by atoms with Crippen LogP contribution in [0.25, 0.3) is 6.08 Å². The highest BCUT2D eigenvalue weighted by atomic mass is 16.6. The molecule has 0 fully saturated rings. The number of anilines is 1. The van der Waals surface area contributed by atoms with E-state index in [9.17, 15) is 14.9 Å². The first kappa shape index (κ1) is 17.3. The fourth-order valence-electron chi connectivity index (χ4n) is 2.12. The summed E-state index contributed by atoms with van der Waals surface area (Å²) in [6, 6.07) is 9.68. The van der Waals surface area contributed by atoms with E-state index in [2.05, 4.69) is 4.98 Å². The zero-order valence-electron chi connectivity index (χ0n) is 13.2. The van der Waals surface area contributed by atoms with Gasteiger partial charge in [-0.05, 0) is 24.3 Å². The lowest BCUT2D eigenvalue weighted by Crippen LogP contribution is -2.32. The largest absolute Gasteiger partial charge is 0.383 e. The van der Waals surface area contributed by atoms with E-state index in [4.69, 9.17) is 4.74 Å². The van der Waals surface area contributed by atoms with E-state index in [-0.39, 0.29) is 11.6 Å². The van der Waals surface area contributed by atoms with Crippen LogP contribution in [0, 0.1) is 10.1 Å². The zero-order chi connectivity index (χ0) is 17.4. The summed E-state index contributed by atoms with van der Waals surface area (Å²) >= 11 is 0. The van der Waals surface area contributed by atoms with Gasteiger partial charge in [0.05, 0.1) is 17.1 Å². The van der Waals surface area contributed by atoms with E-state index in [1.165, 1.54) is 23.1 Å².